The molecule has 7 heteroatoms. The summed E-state index contributed by atoms with van der Waals surface area (Å²) in [5, 5.41) is 0. The van der Waals surface area contributed by atoms with Crippen molar-refractivity contribution in [2.75, 3.05) is 12.8 Å². The topological polar surface area (TPSA) is 71.5 Å². The quantitative estimate of drug-likeness (QED) is 0.846. The van der Waals surface area contributed by atoms with Crippen molar-refractivity contribution in [2.45, 2.75) is 42.0 Å². The molecule has 1 aromatic rings. The van der Waals surface area contributed by atoms with Gasteiger partial charge in [0, 0.05) is 18.8 Å². The number of sulfonamides is 1. The number of hydrogen-bond acceptors (Lipinski definition) is 4. The van der Waals surface area contributed by atoms with E-state index in [-0.39, 0.29) is 15.8 Å². The Balaban J connectivity index is 2.35. The third-order valence-electron chi connectivity index (χ3n) is 3.65. The molecule has 5 nitrogen and oxygen atoms in total. The molecule has 2 rings (SSSR count). The Kier molecular flexibility index (Phi) is 4.22. The predicted octanol–water partition coefficient (Wildman–Crippen LogP) is 1.65. The lowest BCUT2D eigenvalue weighted by molar-refractivity contribution is 0.379. The number of rotatable bonds is 4. The van der Waals surface area contributed by atoms with Gasteiger partial charge < -0.3 is 0 Å². The number of sulfone groups is 1. The maximum Gasteiger partial charge on any atom is 0.243 e. The highest BCUT2D eigenvalue weighted by atomic mass is 32.2. The highest BCUT2D eigenvalue weighted by Crippen LogP contribution is 2.28. The second-order valence-corrected chi connectivity index (χ2v) is 8.97. The van der Waals surface area contributed by atoms with Gasteiger partial charge >= 0.3 is 0 Å². The van der Waals surface area contributed by atoms with Gasteiger partial charge in [-0.15, -0.1) is 0 Å². The second-order valence-electron chi connectivity index (χ2n) is 5.06. The molecule has 0 aliphatic carbocycles. The third kappa shape index (κ3) is 2.89. The lowest BCUT2D eigenvalue weighted by atomic mass is 10.2. The summed E-state index contributed by atoms with van der Waals surface area (Å²) < 4.78 is 49.4. The summed E-state index contributed by atoms with van der Waals surface area (Å²) in [5.74, 6) is 0. The van der Waals surface area contributed by atoms with Gasteiger partial charge in [-0.1, -0.05) is 6.92 Å². The van der Waals surface area contributed by atoms with Crippen molar-refractivity contribution < 1.29 is 16.8 Å². The van der Waals surface area contributed by atoms with Crippen LogP contribution in [-0.4, -0.2) is 40.0 Å². The molecule has 1 atom stereocenters. The smallest absolute Gasteiger partial charge is 0.224 e. The summed E-state index contributed by atoms with van der Waals surface area (Å²) in [5.41, 5.74) is 0. The average molecular weight is 317 g/mol. The summed E-state index contributed by atoms with van der Waals surface area (Å²) in [6.07, 6.45) is 3.65. The first-order chi connectivity index (χ1) is 9.26. The van der Waals surface area contributed by atoms with Crippen LogP contribution in [0.25, 0.3) is 0 Å². The standard InChI is InChI=1S/C13H19NO4S2/c1-3-11-5-4-10-14(11)20(17,18)13-8-6-12(7-9-13)19(2,15)16/h6-9,11H,3-5,10H2,1-2H3. The van der Waals surface area contributed by atoms with Crippen LogP contribution < -0.4 is 0 Å². The van der Waals surface area contributed by atoms with E-state index in [0.717, 1.165) is 25.5 Å². The Labute approximate surface area is 120 Å². The van der Waals surface area contributed by atoms with Crippen molar-refractivity contribution in [3.63, 3.8) is 0 Å². The van der Waals surface area contributed by atoms with Crippen LogP contribution in [0, 0.1) is 0 Å². The SMILES string of the molecule is CCC1CCCN1S(=O)(=O)c1ccc(S(C)(=O)=O)cc1. The number of hydrogen-bond donors (Lipinski definition) is 0. The van der Waals surface area contributed by atoms with Crippen LogP contribution in [0.2, 0.25) is 0 Å². The molecular formula is C13H19NO4S2. The lowest BCUT2D eigenvalue weighted by Gasteiger charge is -2.23. The van der Waals surface area contributed by atoms with Crippen molar-refractivity contribution in [3.8, 4) is 0 Å². The number of benzene rings is 1. The van der Waals surface area contributed by atoms with Gasteiger partial charge in [0.1, 0.15) is 0 Å². The first kappa shape index (κ1) is 15.5. The molecule has 1 saturated heterocycles. The van der Waals surface area contributed by atoms with Crippen LogP contribution in [0.3, 0.4) is 0 Å². The van der Waals surface area contributed by atoms with Gasteiger partial charge in [0.05, 0.1) is 9.79 Å². The molecule has 1 aromatic carbocycles. The molecule has 0 N–H and O–H groups in total. The van der Waals surface area contributed by atoms with Gasteiger partial charge in [-0.05, 0) is 43.5 Å². The molecule has 0 spiro atoms. The third-order valence-corrected chi connectivity index (χ3v) is 6.75. The van der Waals surface area contributed by atoms with E-state index in [1.54, 1.807) is 0 Å². The lowest BCUT2D eigenvalue weighted by Crippen LogP contribution is -2.35. The van der Waals surface area contributed by atoms with Crippen molar-refractivity contribution in [1.82, 2.24) is 4.31 Å². The first-order valence-electron chi connectivity index (χ1n) is 6.59. The first-order valence-corrected chi connectivity index (χ1v) is 9.92. The molecule has 20 heavy (non-hydrogen) atoms. The molecule has 1 unspecified atom stereocenters. The van der Waals surface area contributed by atoms with E-state index in [4.69, 9.17) is 0 Å². The molecule has 112 valence electrons. The number of nitrogens with zero attached hydrogens (tertiary/aromatic N) is 1. The minimum atomic E-state index is -3.52. The molecule has 1 fully saturated rings. The van der Waals surface area contributed by atoms with Crippen LogP contribution in [0.5, 0.6) is 0 Å². The van der Waals surface area contributed by atoms with Crippen LogP contribution in [0.15, 0.2) is 34.1 Å². The average Bonchev–Trinajstić information content (AvgIpc) is 2.87. The van der Waals surface area contributed by atoms with Gasteiger partial charge in [-0.3, -0.25) is 0 Å². The Hall–Kier alpha value is -0.920. The maximum absolute atomic E-state index is 12.5. The molecule has 0 saturated carbocycles. The van der Waals surface area contributed by atoms with Gasteiger partial charge in [-0.2, -0.15) is 4.31 Å². The van der Waals surface area contributed by atoms with E-state index in [2.05, 4.69) is 0 Å². The predicted molar refractivity (Wildman–Crippen MR) is 76.8 cm³/mol. The molecule has 1 aliphatic rings. The minimum absolute atomic E-state index is 0.0505. The van der Waals surface area contributed by atoms with E-state index in [0.29, 0.717) is 6.54 Å². The fourth-order valence-electron chi connectivity index (χ4n) is 2.53. The summed E-state index contributed by atoms with van der Waals surface area (Å²) in [6.45, 7) is 2.51. The van der Waals surface area contributed by atoms with Gasteiger partial charge in [0.15, 0.2) is 9.84 Å². The zero-order valence-corrected chi connectivity index (χ0v) is 13.2. The summed E-state index contributed by atoms with van der Waals surface area (Å²) in [6, 6.07) is 5.49. The normalized spacial score (nSPS) is 21.2. The second kappa shape index (κ2) is 5.46. The van der Waals surface area contributed by atoms with E-state index in [9.17, 15) is 16.8 Å². The Bertz CT molecular complexity index is 678. The van der Waals surface area contributed by atoms with Crippen LogP contribution in [0.1, 0.15) is 26.2 Å². The van der Waals surface area contributed by atoms with Crippen LogP contribution in [-0.2, 0) is 19.9 Å². The van der Waals surface area contributed by atoms with Gasteiger partial charge in [0.25, 0.3) is 0 Å². The monoisotopic (exact) mass is 317 g/mol. The van der Waals surface area contributed by atoms with Crippen molar-refractivity contribution >= 4 is 19.9 Å². The van der Waals surface area contributed by atoms with E-state index in [1.807, 2.05) is 6.92 Å². The Morgan fingerprint density at radius 3 is 2.15 bits per heavy atom. The Morgan fingerprint density at radius 2 is 1.65 bits per heavy atom. The van der Waals surface area contributed by atoms with E-state index < -0.39 is 19.9 Å². The van der Waals surface area contributed by atoms with Gasteiger partial charge in [-0.25, -0.2) is 16.8 Å². The molecule has 0 aromatic heterocycles. The Morgan fingerprint density at radius 1 is 1.10 bits per heavy atom. The molecule has 0 amide bonds. The molecular weight excluding hydrogens is 298 g/mol. The van der Waals surface area contributed by atoms with Crippen LogP contribution >= 0.6 is 0 Å². The van der Waals surface area contributed by atoms with Crippen molar-refractivity contribution in [3.05, 3.63) is 24.3 Å². The van der Waals surface area contributed by atoms with Gasteiger partial charge in [0.2, 0.25) is 10.0 Å². The highest BCUT2D eigenvalue weighted by molar-refractivity contribution is 7.90. The molecule has 0 radical (unpaired) electrons. The zero-order chi connectivity index (χ0) is 15.0. The maximum atomic E-state index is 12.5. The van der Waals surface area contributed by atoms with E-state index in [1.165, 1.54) is 28.6 Å². The summed E-state index contributed by atoms with van der Waals surface area (Å²) >= 11 is 0. The van der Waals surface area contributed by atoms with Crippen molar-refractivity contribution in [2.24, 2.45) is 0 Å². The summed E-state index contributed by atoms with van der Waals surface area (Å²) in [4.78, 5) is 0.287. The molecule has 1 aliphatic heterocycles. The summed E-state index contributed by atoms with van der Waals surface area (Å²) in [7, 11) is -6.83. The zero-order valence-electron chi connectivity index (χ0n) is 11.6. The molecule has 1 heterocycles. The minimum Gasteiger partial charge on any atom is -0.224 e. The highest BCUT2D eigenvalue weighted by Gasteiger charge is 2.34. The van der Waals surface area contributed by atoms with Crippen molar-refractivity contribution in [1.29, 1.82) is 0 Å². The largest absolute Gasteiger partial charge is 0.243 e. The fourth-order valence-corrected chi connectivity index (χ4v) is 4.93. The van der Waals surface area contributed by atoms with Crippen LogP contribution in [0.4, 0.5) is 0 Å². The van der Waals surface area contributed by atoms with E-state index >= 15 is 0 Å². The molecule has 0 bridgehead atoms. The fraction of sp³-hybridized carbons (Fsp3) is 0.538.